The van der Waals surface area contributed by atoms with Gasteiger partial charge in [-0.1, -0.05) is 0 Å². The molecule has 0 aliphatic carbocycles. The molecule has 0 spiro atoms. The molecule has 1 saturated heterocycles. The number of sulfone groups is 1. The highest BCUT2D eigenvalue weighted by Gasteiger charge is 2.34. The first kappa shape index (κ1) is 20.7. The standard InChI is InChI=1S/C18H22N2O6S/c1-3-20(15-8-9-27(23,24)12-15)17(21)11-25-18(22)13(2)26-16-6-4-14(10-19)5-7-16/h4-7,13,15H,3,8-9,11-12H2,1-2H3/t13-,15-/m1/s1. The molecule has 1 fully saturated rings. The molecule has 1 aromatic carbocycles. The molecule has 9 heteroatoms. The fourth-order valence-corrected chi connectivity index (χ4v) is 4.58. The SMILES string of the molecule is CCN(C(=O)COC(=O)[C@@H](C)Oc1ccc(C#N)cc1)[C@@H]1CCS(=O)(=O)C1. The largest absolute Gasteiger partial charge is 0.479 e. The van der Waals surface area contributed by atoms with Gasteiger partial charge in [0, 0.05) is 12.6 Å². The van der Waals surface area contributed by atoms with Crippen molar-refractivity contribution in [3.8, 4) is 11.8 Å². The molecule has 1 amide bonds. The Bertz CT molecular complexity index is 828. The van der Waals surface area contributed by atoms with Crippen molar-refractivity contribution < 1.29 is 27.5 Å². The summed E-state index contributed by atoms with van der Waals surface area (Å²) >= 11 is 0. The van der Waals surface area contributed by atoms with E-state index in [0.717, 1.165) is 0 Å². The van der Waals surface area contributed by atoms with Crippen LogP contribution in [0.5, 0.6) is 5.75 Å². The lowest BCUT2D eigenvalue weighted by atomic mass is 10.2. The summed E-state index contributed by atoms with van der Waals surface area (Å²) < 4.78 is 33.6. The first-order valence-electron chi connectivity index (χ1n) is 8.59. The summed E-state index contributed by atoms with van der Waals surface area (Å²) in [5.41, 5.74) is 0.469. The smallest absolute Gasteiger partial charge is 0.347 e. The summed E-state index contributed by atoms with van der Waals surface area (Å²) in [6, 6.07) is 7.85. The molecular formula is C18H22N2O6S. The Morgan fingerprint density at radius 3 is 2.52 bits per heavy atom. The molecule has 27 heavy (non-hydrogen) atoms. The quantitative estimate of drug-likeness (QED) is 0.631. The van der Waals surface area contributed by atoms with E-state index in [9.17, 15) is 18.0 Å². The van der Waals surface area contributed by atoms with Gasteiger partial charge < -0.3 is 14.4 Å². The van der Waals surface area contributed by atoms with Crippen LogP contribution in [0.4, 0.5) is 0 Å². The van der Waals surface area contributed by atoms with Crippen molar-refractivity contribution in [2.24, 2.45) is 0 Å². The van der Waals surface area contributed by atoms with E-state index < -0.39 is 34.4 Å². The van der Waals surface area contributed by atoms with Gasteiger partial charge in [0.1, 0.15) is 5.75 Å². The molecule has 1 aliphatic rings. The second kappa shape index (κ2) is 8.86. The number of likely N-dealkylation sites (N-methyl/N-ethyl adjacent to an activating group) is 1. The number of hydrogen-bond donors (Lipinski definition) is 0. The summed E-state index contributed by atoms with van der Waals surface area (Å²) in [4.78, 5) is 25.8. The maximum Gasteiger partial charge on any atom is 0.347 e. The van der Waals surface area contributed by atoms with Crippen LogP contribution in [0.15, 0.2) is 24.3 Å². The number of benzene rings is 1. The van der Waals surface area contributed by atoms with Gasteiger partial charge in [-0.2, -0.15) is 5.26 Å². The Hall–Kier alpha value is -2.60. The van der Waals surface area contributed by atoms with Gasteiger partial charge in [0.25, 0.3) is 5.91 Å². The first-order chi connectivity index (χ1) is 12.8. The van der Waals surface area contributed by atoms with Crippen molar-refractivity contribution in [3.63, 3.8) is 0 Å². The number of ether oxygens (including phenoxy) is 2. The van der Waals surface area contributed by atoms with Crippen LogP contribution in [0.25, 0.3) is 0 Å². The molecule has 0 saturated carbocycles. The van der Waals surface area contributed by atoms with Crippen molar-refractivity contribution in [2.75, 3.05) is 24.7 Å². The minimum Gasteiger partial charge on any atom is -0.479 e. The molecule has 0 radical (unpaired) electrons. The van der Waals surface area contributed by atoms with Crippen molar-refractivity contribution in [1.82, 2.24) is 4.90 Å². The van der Waals surface area contributed by atoms with Crippen LogP contribution >= 0.6 is 0 Å². The minimum absolute atomic E-state index is 0.0568. The first-order valence-corrected chi connectivity index (χ1v) is 10.4. The van der Waals surface area contributed by atoms with Gasteiger partial charge in [-0.25, -0.2) is 13.2 Å². The number of esters is 1. The molecule has 1 aromatic rings. The summed E-state index contributed by atoms with van der Waals surface area (Å²) in [5, 5.41) is 8.76. The van der Waals surface area contributed by atoms with Crippen LogP contribution in [0.3, 0.4) is 0 Å². The van der Waals surface area contributed by atoms with Gasteiger partial charge in [-0.3, -0.25) is 4.79 Å². The molecule has 1 heterocycles. The Morgan fingerprint density at radius 1 is 1.33 bits per heavy atom. The van der Waals surface area contributed by atoms with Crippen LogP contribution in [0.1, 0.15) is 25.8 Å². The maximum absolute atomic E-state index is 12.3. The number of nitrogens with zero attached hydrogens (tertiary/aromatic N) is 2. The molecule has 2 atom stereocenters. The van der Waals surface area contributed by atoms with Gasteiger partial charge in [-0.15, -0.1) is 0 Å². The lowest BCUT2D eigenvalue weighted by molar-refractivity contribution is -0.158. The second-order valence-corrected chi connectivity index (χ2v) is 8.47. The predicted octanol–water partition coefficient (Wildman–Crippen LogP) is 0.904. The second-order valence-electron chi connectivity index (χ2n) is 6.24. The van der Waals surface area contributed by atoms with Gasteiger partial charge in [0.05, 0.1) is 23.1 Å². The van der Waals surface area contributed by atoms with Crippen LogP contribution in [-0.4, -0.2) is 62.0 Å². The zero-order valence-electron chi connectivity index (χ0n) is 15.3. The third-order valence-corrected chi connectivity index (χ3v) is 6.03. The molecule has 146 valence electrons. The minimum atomic E-state index is -3.11. The lowest BCUT2D eigenvalue weighted by Gasteiger charge is -2.26. The third kappa shape index (κ3) is 5.69. The number of carbonyl (C=O) groups excluding carboxylic acids is 2. The molecule has 0 bridgehead atoms. The van der Waals surface area contributed by atoms with Crippen molar-refractivity contribution in [3.05, 3.63) is 29.8 Å². The van der Waals surface area contributed by atoms with Gasteiger partial charge in [0.15, 0.2) is 22.5 Å². The van der Waals surface area contributed by atoms with Crippen molar-refractivity contribution in [1.29, 1.82) is 5.26 Å². The van der Waals surface area contributed by atoms with E-state index >= 15 is 0 Å². The normalized spacial score (nSPS) is 18.9. The van der Waals surface area contributed by atoms with Crippen LogP contribution in [0, 0.1) is 11.3 Å². The van der Waals surface area contributed by atoms with Crippen molar-refractivity contribution >= 4 is 21.7 Å². The van der Waals surface area contributed by atoms with Crippen LogP contribution in [0.2, 0.25) is 0 Å². The average Bonchev–Trinajstić information content (AvgIpc) is 3.00. The predicted molar refractivity (Wildman–Crippen MR) is 96.7 cm³/mol. The van der Waals surface area contributed by atoms with E-state index in [4.69, 9.17) is 14.7 Å². The van der Waals surface area contributed by atoms with E-state index in [-0.39, 0.29) is 17.5 Å². The molecule has 0 aromatic heterocycles. The molecular weight excluding hydrogens is 372 g/mol. The Balaban J connectivity index is 1.85. The average molecular weight is 394 g/mol. The Morgan fingerprint density at radius 2 is 2.00 bits per heavy atom. The molecule has 0 unspecified atom stereocenters. The van der Waals surface area contributed by atoms with E-state index in [0.29, 0.717) is 24.3 Å². The van der Waals surface area contributed by atoms with Crippen LogP contribution < -0.4 is 4.74 Å². The molecule has 8 nitrogen and oxygen atoms in total. The maximum atomic E-state index is 12.3. The Kier molecular flexibility index (Phi) is 6.80. The summed E-state index contributed by atoms with van der Waals surface area (Å²) in [5.74, 6) is -0.729. The Labute approximate surface area is 158 Å². The fourth-order valence-electron chi connectivity index (χ4n) is 2.85. The van der Waals surface area contributed by atoms with Gasteiger partial charge in [0.2, 0.25) is 0 Å². The number of carbonyl (C=O) groups is 2. The number of nitriles is 1. The summed E-state index contributed by atoms with van der Waals surface area (Å²) in [6.07, 6.45) is -0.540. The highest BCUT2D eigenvalue weighted by Crippen LogP contribution is 2.18. The third-order valence-electron chi connectivity index (χ3n) is 4.28. The number of rotatable bonds is 7. The molecule has 1 aliphatic heterocycles. The molecule has 0 N–H and O–H groups in total. The lowest BCUT2D eigenvalue weighted by Crippen LogP contribution is -2.43. The number of hydrogen-bond acceptors (Lipinski definition) is 7. The number of amides is 1. The van der Waals surface area contributed by atoms with E-state index in [1.54, 1.807) is 31.2 Å². The van der Waals surface area contributed by atoms with E-state index in [1.165, 1.54) is 11.8 Å². The summed E-state index contributed by atoms with van der Waals surface area (Å²) in [7, 11) is -3.11. The van der Waals surface area contributed by atoms with E-state index in [2.05, 4.69) is 0 Å². The zero-order valence-corrected chi connectivity index (χ0v) is 16.1. The molecule has 2 rings (SSSR count). The van der Waals surface area contributed by atoms with E-state index in [1.807, 2.05) is 6.07 Å². The van der Waals surface area contributed by atoms with Gasteiger partial charge in [-0.05, 0) is 44.5 Å². The topological polar surface area (TPSA) is 114 Å². The fraction of sp³-hybridized carbons (Fsp3) is 0.500. The monoisotopic (exact) mass is 394 g/mol. The summed E-state index contributed by atoms with van der Waals surface area (Å²) in [6.45, 7) is 3.12. The highest BCUT2D eigenvalue weighted by atomic mass is 32.2. The van der Waals surface area contributed by atoms with Gasteiger partial charge >= 0.3 is 5.97 Å². The zero-order chi connectivity index (χ0) is 20.0. The van der Waals surface area contributed by atoms with Crippen LogP contribution in [-0.2, 0) is 24.2 Å². The van der Waals surface area contributed by atoms with Crippen molar-refractivity contribution in [2.45, 2.75) is 32.4 Å². The highest BCUT2D eigenvalue weighted by molar-refractivity contribution is 7.91.